The van der Waals surface area contributed by atoms with Gasteiger partial charge in [0, 0.05) is 0 Å². The van der Waals surface area contributed by atoms with Crippen molar-refractivity contribution >= 4 is 0 Å². The first-order valence-corrected chi connectivity index (χ1v) is 3.75. The molecule has 0 unspecified atom stereocenters. The maximum absolute atomic E-state index is 9.54. The second-order valence-corrected chi connectivity index (χ2v) is 2.63. The summed E-state index contributed by atoms with van der Waals surface area (Å²) >= 11 is 0. The van der Waals surface area contributed by atoms with Crippen LogP contribution >= 0.6 is 0 Å². The first-order valence-electron chi connectivity index (χ1n) is 3.75. The van der Waals surface area contributed by atoms with E-state index in [4.69, 9.17) is 9.47 Å². The Bertz CT molecular complexity index is 292. The normalized spacial score (nSPS) is 9.77. The van der Waals surface area contributed by atoms with Crippen molar-refractivity contribution in [3.63, 3.8) is 0 Å². The van der Waals surface area contributed by atoms with Crippen molar-refractivity contribution in [2.45, 2.75) is 6.92 Å². The summed E-state index contributed by atoms with van der Waals surface area (Å²) in [7, 11) is 2.81. The van der Waals surface area contributed by atoms with Crippen LogP contribution in [0.25, 0.3) is 0 Å². The fourth-order valence-electron chi connectivity index (χ4n) is 1.21. The van der Waals surface area contributed by atoms with Crippen molar-refractivity contribution in [3.05, 3.63) is 11.6 Å². The molecule has 72 valence electrons. The number of phenols is 2. The molecule has 1 aromatic rings. The number of methoxy groups -OCH3 is 2. The average molecular weight is 184 g/mol. The molecule has 0 bridgehead atoms. The van der Waals surface area contributed by atoms with Gasteiger partial charge in [-0.15, -0.1) is 0 Å². The molecule has 0 spiro atoms. The van der Waals surface area contributed by atoms with E-state index in [9.17, 15) is 10.2 Å². The molecule has 0 fully saturated rings. The maximum Gasteiger partial charge on any atom is 0.206 e. The Hall–Kier alpha value is -1.58. The minimum atomic E-state index is -0.178. The second kappa shape index (κ2) is 3.43. The van der Waals surface area contributed by atoms with Crippen LogP contribution in [0.15, 0.2) is 6.07 Å². The molecule has 0 atom stereocenters. The molecular formula is C9H12O4. The molecule has 0 aliphatic rings. The summed E-state index contributed by atoms with van der Waals surface area (Å²) in [5, 5.41) is 18.9. The van der Waals surface area contributed by atoms with Crippen LogP contribution in [0.3, 0.4) is 0 Å². The van der Waals surface area contributed by atoms with Gasteiger partial charge in [-0.2, -0.15) is 0 Å². The molecule has 0 radical (unpaired) electrons. The molecule has 0 heterocycles. The minimum Gasteiger partial charge on any atom is -0.504 e. The van der Waals surface area contributed by atoms with Gasteiger partial charge in [0.2, 0.25) is 11.5 Å². The highest BCUT2D eigenvalue weighted by atomic mass is 16.5. The lowest BCUT2D eigenvalue weighted by atomic mass is 10.2. The summed E-state index contributed by atoms with van der Waals surface area (Å²) in [5.74, 6) is 0.0675. The van der Waals surface area contributed by atoms with Crippen molar-refractivity contribution in [3.8, 4) is 23.0 Å². The monoisotopic (exact) mass is 184 g/mol. The number of ether oxygens (including phenoxy) is 2. The molecule has 0 aliphatic heterocycles. The number of aryl methyl sites for hydroxylation is 1. The number of benzene rings is 1. The molecule has 0 aliphatic carbocycles. The lowest BCUT2D eigenvalue weighted by molar-refractivity contribution is 0.321. The summed E-state index contributed by atoms with van der Waals surface area (Å²) in [6, 6.07) is 1.47. The third-order valence-electron chi connectivity index (χ3n) is 1.78. The molecule has 0 saturated heterocycles. The number of hydrogen-bond acceptors (Lipinski definition) is 4. The third kappa shape index (κ3) is 1.47. The molecule has 4 nitrogen and oxygen atoms in total. The Morgan fingerprint density at radius 3 is 2.08 bits per heavy atom. The molecule has 2 N–H and O–H groups in total. The lowest BCUT2D eigenvalue weighted by Crippen LogP contribution is -1.92. The van der Waals surface area contributed by atoms with Gasteiger partial charge in [0.15, 0.2) is 11.5 Å². The predicted octanol–water partition coefficient (Wildman–Crippen LogP) is 1.42. The van der Waals surface area contributed by atoms with E-state index in [0.717, 1.165) is 0 Å². The Morgan fingerprint density at radius 1 is 1.08 bits per heavy atom. The van der Waals surface area contributed by atoms with E-state index in [1.807, 2.05) is 0 Å². The van der Waals surface area contributed by atoms with Crippen LogP contribution in [-0.2, 0) is 0 Å². The molecule has 0 amide bonds. The Morgan fingerprint density at radius 2 is 1.62 bits per heavy atom. The molecular weight excluding hydrogens is 172 g/mol. The molecule has 1 rings (SSSR count). The van der Waals surface area contributed by atoms with Crippen LogP contribution in [0.5, 0.6) is 23.0 Å². The average Bonchev–Trinajstić information content (AvgIpc) is 2.04. The third-order valence-corrected chi connectivity index (χ3v) is 1.78. The molecule has 0 aromatic heterocycles. The van der Waals surface area contributed by atoms with Gasteiger partial charge in [-0.1, -0.05) is 0 Å². The number of rotatable bonds is 2. The standard InChI is InChI=1S/C9H12O4/c1-5-4-6(10)9(13-3)7(11)8(5)12-2/h4,10-11H,1-3H3. The largest absolute Gasteiger partial charge is 0.504 e. The van der Waals surface area contributed by atoms with Crippen LogP contribution in [0.1, 0.15) is 5.56 Å². The summed E-state index contributed by atoms with van der Waals surface area (Å²) in [6.45, 7) is 1.72. The second-order valence-electron chi connectivity index (χ2n) is 2.63. The van der Waals surface area contributed by atoms with E-state index in [1.54, 1.807) is 6.92 Å². The van der Waals surface area contributed by atoms with Gasteiger partial charge in [0.25, 0.3) is 0 Å². The van der Waals surface area contributed by atoms with E-state index in [1.165, 1.54) is 20.3 Å². The predicted molar refractivity (Wildman–Crippen MR) is 47.6 cm³/mol. The van der Waals surface area contributed by atoms with Crippen LogP contribution in [0.2, 0.25) is 0 Å². The van der Waals surface area contributed by atoms with Crippen LogP contribution in [0, 0.1) is 6.92 Å². The first kappa shape index (κ1) is 9.51. The Kier molecular flexibility index (Phi) is 2.51. The van der Waals surface area contributed by atoms with Crippen molar-refractivity contribution in [1.82, 2.24) is 0 Å². The molecule has 4 heteroatoms. The van der Waals surface area contributed by atoms with E-state index < -0.39 is 0 Å². The van der Waals surface area contributed by atoms with Gasteiger partial charge in [0.05, 0.1) is 14.2 Å². The fraction of sp³-hybridized carbons (Fsp3) is 0.333. The van der Waals surface area contributed by atoms with Crippen molar-refractivity contribution in [2.75, 3.05) is 14.2 Å². The van der Waals surface area contributed by atoms with Crippen LogP contribution in [0.4, 0.5) is 0 Å². The molecule has 0 saturated carbocycles. The SMILES string of the molecule is COc1c(C)cc(O)c(OC)c1O. The van der Waals surface area contributed by atoms with Gasteiger partial charge < -0.3 is 19.7 Å². The smallest absolute Gasteiger partial charge is 0.206 e. The number of phenolic OH excluding ortho intramolecular Hbond substituents is 2. The van der Waals surface area contributed by atoms with Gasteiger partial charge in [-0.05, 0) is 18.6 Å². The van der Waals surface area contributed by atoms with E-state index in [2.05, 4.69) is 0 Å². The van der Waals surface area contributed by atoms with Crippen LogP contribution < -0.4 is 9.47 Å². The zero-order chi connectivity index (χ0) is 10.0. The van der Waals surface area contributed by atoms with Gasteiger partial charge >= 0.3 is 0 Å². The molecule has 13 heavy (non-hydrogen) atoms. The quantitative estimate of drug-likeness (QED) is 0.729. The summed E-state index contributed by atoms with van der Waals surface area (Å²) < 4.78 is 9.73. The van der Waals surface area contributed by atoms with Gasteiger partial charge in [-0.25, -0.2) is 0 Å². The van der Waals surface area contributed by atoms with Crippen molar-refractivity contribution in [2.24, 2.45) is 0 Å². The highest BCUT2D eigenvalue weighted by Crippen LogP contribution is 2.44. The summed E-state index contributed by atoms with van der Waals surface area (Å²) in [6.07, 6.45) is 0. The zero-order valence-electron chi connectivity index (χ0n) is 7.79. The minimum absolute atomic E-state index is 0.0300. The highest BCUT2D eigenvalue weighted by molar-refractivity contribution is 5.61. The highest BCUT2D eigenvalue weighted by Gasteiger charge is 2.16. The van der Waals surface area contributed by atoms with E-state index in [0.29, 0.717) is 11.3 Å². The zero-order valence-corrected chi connectivity index (χ0v) is 7.79. The Labute approximate surface area is 76.3 Å². The lowest BCUT2D eigenvalue weighted by Gasteiger charge is -2.11. The molecule has 1 aromatic carbocycles. The Balaban J connectivity index is 3.39. The van der Waals surface area contributed by atoms with E-state index in [-0.39, 0.29) is 17.2 Å². The van der Waals surface area contributed by atoms with Gasteiger partial charge in [0.1, 0.15) is 0 Å². The summed E-state index contributed by atoms with van der Waals surface area (Å²) in [4.78, 5) is 0. The first-order chi connectivity index (χ1) is 6.11. The van der Waals surface area contributed by atoms with Crippen molar-refractivity contribution in [1.29, 1.82) is 0 Å². The summed E-state index contributed by atoms with van der Waals surface area (Å²) in [5.41, 5.74) is 0.651. The maximum atomic E-state index is 9.54. The number of aromatic hydroxyl groups is 2. The fourth-order valence-corrected chi connectivity index (χ4v) is 1.21. The number of hydrogen-bond donors (Lipinski definition) is 2. The van der Waals surface area contributed by atoms with Crippen molar-refractivity contribution < 1.29 is 19.7 Å². The van der Waals surface area contributed by atoms with Crippen LogP contribution in [-0.4, -0.2) is 24.4 Å². The topological polar surface area (TPSA) is 58.9 Å². The van der Waals surface area contributed by atoms with E-state index >= 15 is 0 Å². The van der Waals surface area contributed by atoms with Gasteiger partial charge in [-0.3, -0.25) is 0 Å².